The molecule has 0 amide bonds. The van der Waals surface area contributed by atoms with Crippen LogP contribution in [0.5, 0.6) is 23.0 Å². The topological polar surface area (TPSA) is 18.5 Å². The highest BCUT2D eigenvalue weighted by atomic mass is 16.5. The highest BCUT2D eigenvalue weighted by Crippen LogP contribution is 2.56. The zero-order chi connectivity index (χ0) is 65.6. The largest absolute Gasteiger partial charge is 0.458 e. The van der Waals surface area contributed by atoms with Crippen LogP contribution < -0.4 is 42.3 Å². The fourth-order valence-corrected chi connectivity index (χ4v) is 16.9. The molecule has 4 aliphatic heterocycles. The van der Waals surface area contributed by atoms with Gasteiger partial charge in [-0.25, -0.2) is 0 Å². The van der Waals surface area contributed by atoms with E-state index in [4.69, 9.17) is 9.47 Å². The van der Waals surface area contributed by atoms with Crippen LogP contribution in [0.3, 0.4) is 0 Å². The number of rotatable bonds is 6. The van der Waals surface area contributed by atoms with E-state index in [1.807, 2.05) is 0 Å². The van der Waals surface area contributed by atoms with E-state index in [0.29, 0.717) is 0 Å². The van der Waals surface area contributed by atoms with Crippen molar-refractivity contribution in [3.63, 3.8) is 0 Å². The maximum Gasteiger partial charge on any atom is 0.252 e. The molecule has 0 fully saturated rings. The lowest BCUT2D eigenvalue weighted by Crippen LogP contribution is -2.58. The molecule has 0 unspecified atom stereocenters. The van der Waals surface area contributed by atoms with Gasteiger partial charge in [0, 0.05) is 0 Å². The molecule has 18 rings (SSSR count). The summed E-state index contributed by atoms with van der Waals surface area (Å²) in [4.78, 5) is 0. The summed E-state index contributed by atoms with van der Waals surface area (Å²) < 4.78 is 15.1. The summed E-state index contributed by atoms with van der Waals surface area (Å²) in [5.74, 6) is 3.75. The fourth-order valence-electron chi connectivity index (χ4n) is 16.9. The normalized spacial score (nSPS) is 13.5. The molecule has 0 spiro atoms. The third-order valence-corrected chi connectivity index (χ3v) is 21.8. The summed E-state index contributed by atoms with van der Waals surface area (Å²) in [7, 11) is 0. The number of hydrogen-bond acceptors (Lipinski definition) is 2. The molecule has 0 bridgehead atoms. The number of benzene rings is 14. The van der Waals surface area contributed by atoms with Gasteiger partial charge in [-0.1, -0.05) is 300 Å². The third kappa shape index (κ3) is 8.79. The van der Waals surface area contributed by atoms with Gasteiger partial charge in [0.2, 0.25) is 0 Å². The summed E-state index contributed by atoms with van der Waals surface area (Å²) in [6, 6.07) is 93.3. The van der Waals surface area contributed by atoms with Gasteiger partial charge >= 0.3 is 0 Å². The Morgan fingerprint density at radius 3 is 0.854 bits per heavy atom. The van der Waals surface area contributed by atoms with Gasteiger partial charge in [-0.15, -0.1) is 0 Å². The van der Waals surface area contributed by atoms with E-state index in [1.165, 1.54) is 176 Å². The predicted octanol–water partition coefficient (Wildman–Crippen LogP) is 21.0. The Hall–Kier alpha value is -10.2. The molecule has 4 aliphatic rings. The van der Waals surface area contributed by atoms with Crippen LogP contribution >= 0.6 is 0 Å². The van der Waals surface area contributed by atoms with Crippen molar-refractivity contribution in [1.29, 1.82) is 0 Å². The molecule has 0 aliphatic carbocycles. The zero-order valence-corrected chi connectivity index (χ0v) is 57.1. The standard InChI is InChI=1S/C92H76B2O2/c1-89(2,3)57-39-41-73-77(45-57)95-79-47-59(91(7,8)9)43-71-67-49-66(82-63(55-31-21-15-22-32-55)37-26-38-64(82)56-33-23-16-24-34-56)70-52-76-84-68(72-44-60(92(10,11)12)48-80-88(72)94(76)74-42-40-58(90(4,5)6)46-78(74)96-80)50-65(69-51-75(93(73)87(71)79)83(67)85(70)86(69)84)81-61(53-27-17-13-18-28-53)35-25-36-62(81)54-29-19-14-20-30-54/h13-52H,1-12H3. The maximum absolute atomic E-state index is 7.53. The van der Waals surface area contributed by atoms with E-state index < -0.39 is 0 Å². The van der Waals surface area contributed by atoms with Crippen molar-refractivity contribution in [2.45, 2.75) is 105 Å². The molecule has 0 aromatic heterocycles. The van der Waals surface area contributed by atoms with Crippen LogP contribution in [0.1, 0.15) is 105 Å². The highest BCUT2D eigenvalue weighted by molar-refractivity contribution is 7.01. The van der Waals surface area contributed by atoms with Crippen molar-refractivity contribution in [3.8, 4) is 112 Å². The van der Waals surface area contributed by atoms with Crippen LogP contribution in [0.25, 0.3) is 121 Å². The lowest BCUT2D eigenvalue weighted by molar-refractivity contribution is 0.479. The van der Waals surface area contributed by atoms with Gasteiger partial charge in [-0.2, -0.15) is 0 Å². The average molecular weight is 1240 g/mol. The smallest absolute Gasteiger partial charge is 0.252 e. The van der Waals surface area contributed by atoms with Crippen LogP contribution in [0.4, 0.5) is 0 Å². The van der Waals surface area contributed by atoms with Gasteiger partial charge < -0.3 is 9.47 Å². The summed E-state index contributed by atoms with van der Waals surface area (Å²) in [6.45, 7) is 27.7. The molecule has 0 N–H and O–H groups in total. The van der Waals surface area contributed by atoms with E-state index in [9.17, 15) is 0 Å². The molecule has 2 nitrogen and oxygen atoms in total. The Kier molecular flexibility index (Phi) is 12.6. The first-order chi connectivity index (χ1) is 46.2. The van der Waals surface area contributed by atoms with E-state index >= 15 is 0 Å². The van der Waals surface area contributed by atoms with Crippen LogP contribution in [-0.4, -0.2) is 13.4 Å². The van der Waals surface area contributed by atoms with E-state index in [2.05, 4.69) is 326 Å². The molecule has 0 saturated carbocycles. The van der Waals surface area contributed by atoms with Crippen molar-refractivity contribution in [2.75, 3.05) is 0 Å². The molecular formula is C92H76B2O2. The predicted molar refractivity (Wildman–Crippen MR) is 411 cm³/mol. The summed E-state index contributed by atoms with van der Waals surface area (Å²) >= 11 is 0. The van der Waals surface area contributed by atoms with Gasteiger partial charge in [0.25, 0.3) is 13.4 Å². The molecule has 96 heavy (non-hydrogen) atoms. The van der Waals surface area contributed by atoms with E-state index in [1.54, 1.807) is 0 Å². The lowest BCUT2D eigenvalue weighted by Gasteiger charge is -2.39. The van der Waals surface area contributed by atoms with Crippen molar-refractivity contribution < 1.29 is 9.47 Å². The Balaban J connectivity index is 1.12. The van der Waals surface area contributed by atoms with Gasteiger partial charge in [-0.05, 0) is 223 Å². The van der Waals surface area contributed by atoms with E-state index in [0.717, 1.165) is 23.0 Å². The third-order valence-electron chi connectivity index (χ3n) is 21.8. The molecule has 0 saturated heterocycles. The summed E-state index contributed by atoms with van der Waals surface area (Å²) in [6.07, 6.45) is 0. The minimum Gasteiger partial charge on any atom is -0.458 e. The van der Waals surface area contributed by atoms with Crippen LogP contribution in [0.2, 0.25) is 0 Å². The van der Waals surface area contributed by atoms with Crippen molar-refractivity contribution >= 4 is 78.5 Å². The van der Waals surface area contributed by atoms with E-state index in [-0.39, 0.29) is 35.1 Å². The SMILES string of the molecule is CC(C)(C)c1ccc2c(c1)Oc1cc(C(C)(C)C)cc3c1B2c1cc2c(-c4c(-c5ccccc5)cccc4-c4ccccc4)cc4c5c(cc6c(-c7c(-c8ccccc8)cccc7-c7ccccc7)cc-3c1c6c25)B1c2ccc(C(C)(C)C)cc2Oc2cc(C(C)(C)C)cc-4c21. The first-order valence-corrected chi connectivity index (χ1v) is 34.5. The second-order valence-electron chi connectivity index (χ2n) is 31.8. The maximum atomic E-state index is 7.53. The molecule has 0 radical (unpaired) electrons. The van der Waals surface area contributed by atoms with Gasteiger partial charge in [0.05, 0.1) is 0 Å². The number of hydrogen-bond donors (Lipinski definition) is 0. The van der Waals surface area contributed by atoms with Gasteiger partial charge in [0.15, 0.2) is 0 Å². The van der Waals surface area contributed by atoms with Gasteiger partial charge in [0.1, 0.15) is 23.0 Å². The summed E-state index contributed by atoms with van der Waals surface area (Å²) in [5, 5.41) is 7.72. The Morgan fingerprint density at radius 2 is 0.542 bits per heavy atom. The molecule has 0 atom stereocenters. The first kappa shape index (κ1) is 58.4. The second kappa shape index (κ2) is 20.7. The Morgan fingerprint density at radius 1 is 0.229 bits per heavy atom. The average Bonchev–Trinajstić information content (AvgIpc) is 0.665. The number of fused-ring (bicyclic) bond motifs is 8. The van der Waals surface area contributed by atoms with Crippen molar-refractivity contribution in [2.24, 2.45) is 0 Å². The monoisotopic (exact) mass is 1230 g/mol. The molecule has 4 heteroatoms. The number of ether oxygens (including phenoxy) is 2. The van der Waals surface area contributed by atoms with Crippen LogP contribution in [0, 0.1) is 0 Å². The fraction of sp³-hybridized carbons (Fsp3) is 0.174. The highest BCUT2D eigenvalue weighted by Gasteiger charge is 2.46. The van der Waals surface area contributed by atoms with Crippen molar-refractivity contribution in [1.82, 2.24) is 0 Å². The van der Waals surface area contributed by atoms with Crippen molar-refractivity contribution in [3.05, 3.63) is 265 Å². The lowest BCUT2D eigenvalue weighted by atomic mass is 9.31. The molecule has 14 aromatic rings. The zero-order valence-electron chi connectivity index (χ0n) is 57.1. The van der Waals surface area contributed by atoms with Gasteiger partial charge in [-0.3, -0.25) is 0 Å². The minimum atomic E-state index is -0.199. The second-order valence-corrected chi connectivity index (χ2v) is 31.8. The van der Waals surface area contributed by atoms with Crippen LogP contribution in [-0.2, 0) is 21.7 Å². The summed E-state index contributed by atoms with van der Waals surface area (Å²) in [5.41, 5.74) is 31.2. The van der Waals surface area contributed by atoms with Crippen LogP contribution in [0.15, 0.2) is 243 Å². The molecule has 4 heterocycles. The minimum absolute atomic E-state index is 0.100. The quantitative estimate of drug-likeness (QED) is 0.122. The Bertz CT molecular complexity index is 5130. The Labute approximate surface area is 566 Å². The molecule has 14 aromatic carbocycles. The molecular weight excluding hydrogens is 1160 g/mol. The first-order valence-electron chi connectivity index (χ1n) is 34.5. The molecule has 462 valence electrons.